The summed E-state index contributed by atoms with van der Waals surface area (Å²) in [6.45, 7) is 0.373. The number of amides is 6. The molecule has 0 saturated heterocycles. The zero-order valence-corrected chi connectivity index (χ0v) is 23.2. The van der Waals surface area contributed by atoms with Gasteiger partial charge in [-0.25, -0.2) is 28.8 Å². The molecule has 0 aliphatic rings. The fraction of sp³-hybridized carbons (Fsp3) is 0.435. The maximum absolute atomic E-state index is 12.9. The molecule has 1 aromatic rings. The van der Waals surface area contributed by atoms with E-state index in [1.165, 1.54) is 6.92 Å². The molecule has 0 aliphatic heterocycles. The second-order valence-electron chi connectivity index (χ2n) is 8.33. The van der Waals surface area contributed by atoms with Crippen LogP contribution in [0.1, 0.15) is 12.5 Å². The van der Waals surface area contributed by atoms with E-state index in [2.05, 4.69) is 10.1 Å². The predicted molar refractivity (Wildman–Crippen MR) is 142 cm³/mol. The van der Waals surface area contributed by atoms with Crippen LogP contribution in [0, 0.1) is 0 Å². The molecule has 0 aliphatic carbocycles. The molecule has 0 aromatic heterocycles. The molecule has 0 fully saturated rings. The van der Waals surface area contributed by atoms with Crippen molar-refractivity contribution in [1.29, 1.82) is 0 Å². The van der Waals surface area contributed by atoms with Crippen LogP contribution in [0.25, 0.3) is 0 Å². The summed E-state index contributed by atoms with van der Waals surface area (Å²) >= 11 is 0. The number of hydrogen-bond donors (Lipinski definition) is 7. The zero-order valence-electron chi connectivity index (χ0n) is 23.2. The van der Waals surface area contributed by atoms with E-state index < -0.39 is 85.8 Å². The van der Waals surface area contributed by atoms with Crippen LogP contribution in [-0.4, -0.2) is 92.4 Å². The van der Waals surface area contributed by atoms with E-state index >= 15 is 0 Å². The number of carbonyl (C=O) groups is 7. The van der Waals surface area contributed by atoms with Gasteiger partial charge in [-0.15, -0.1) is 0 Å². The van der Waals surface area contributed by atoms with Gasteiger partial charge >= 0.3 is 42.5 Å². The topological polar surface area (TPSA) is 352 Å². The van der Waals surface area contributed by atoms with E-state index in [-0.39, 0.29) is 13.0 Å². The van der Waals surface area contributed by atoms with Gasteiger partial charge in [-0.2, -0.15) is 0 Å². The highest BCUT2D eigenvalue weighted by Crippen LogP contribution is 2.23. The Bertz CT molecular complexity index is 1170. The molecule has 6 atom stereocenters. The quantitative estimate of drug-likeness (QED) is 0.0562. The number of esters is 1. The molecule has 21 heteroatoms. The van der Waals surface area contributed by atoms with Gasteiger partial charge in [0, 0.05) is 0 Å². The summed E-state index contributed by atoms with van der Waals surface area (Å²) in [5.41, 5.74) is 31.3. The van der Waals surface area contributed by atoms with Crippen molar-refractivity contribution in [2.24, 2.45) is 34.4 Å². The number of ether oxygens (including phenoxy) is 7. The molecule has 1 unspecified atom stereocenters. The van der Waals surface area contributed by atoms with E-state index in [1.807, 2.05) is 0 Å². The Morgan fingerprint density at radius 3 is 1.61 bits per heavy atom. The highest BCUT2D eigenvalue weighted by molar-refractivity contribution is 5.76. The molecule has 0 heterocycles. The second-order valence-corrected chi connectivity index (χ2v) is 8.33. The molecular weight excluding hydrogens is 598 g/mol. The molecule has 0 spiro atoms. The first kappa shape index (κ1) is 36.3. The lowest BCUT2D eigenvalue weighted by molar-refractivity contribution is -0.155. The first-order valence-corrected chi connectivity index (χ1v) is 12.3. The third-order valence-electron chi connectivity index (χ3n) is 5.19. The number of carbonyl (C=O) groups excluding carboxylic acids is 7. The van der Waals surface area contributed by atoms with E-state index in [9.17, 15) is 33.6 Å². The van der Waals surface area contributed by atoms with Crippen molar-refractivity contribution in [3.05, 3.63) is 35.9 Å². The molecule has 1 rings (SSSR count). The van der Waals surface area contributed by atoms with Crippen molar-refractivity contribution in [2.75, 3.05) is 13.2 Å². The second kappa shape index (κ2) is 17.9. The summed E-state index contributed by atoms with van der Waals surface area (Å²) < 4.78 is 34.5. The lowest BCUT2D eigenvalue weighted by Gasteiger charge is -2.38. The largest absolute Gasteiger partial charge is 0.465 e. The van der Waals surface area contributed by atoms with Crippen LogP contribution in [-0.2, 0) is 44.4 Å². The molecule has 244 valence electrons. The zero-order chi connectivity index (χ0) is 33.4. The number of benzene rings is 1. The summed E-state index contributed by atoms with van der Waals surface area (Å²) in [7, 11) is 0. The minimum absolute atomic E-state index is 0.0949. The molecule has 6 amide bonds. The van der Waals surface area contributed by atoms with Crippen LogP contribution in [0.2, 0.25) is 0 Å². The van der Waals surface area contributed by atoms with Crippen molar-refractivity contribution in [3.8, 4) is 0 Å². The highest BCUT2D eigenvalue weighted by atomic mass is 16.7. The minimum atomic E-state index is -2.30. The van der Waals surface area contributed by atoms with E-state index in [4.69, 9.17) is 62.8 Å². The highest BCUT2D eigenvalue weighted by Gasteiger charge is 2.49. The van der Waals surface area contributed by atoms with Crippen LogP contribution in [0.15, 0.2) is 30.3 Å². The summed E-state index contributed by atoms with van der Waals surface area (Å²) in [6.07, 6.45) is -20.5. The third kappa shape index (κ3) is 13.3. The Hall–Kier alpha value is -5.73. The van der Waals surface area contributed by atoms with Crippen LogP contribution in [0.5, 0.6) is 0 Å². The average molecular weight is 632 g/mol. The van der Waals surface area contributed by atoms with Crippen molar-refractivity contribution in [2.45, 2.75) is 50.0 Å². The number of rotatable bonds is 17. The van der Waals surface area contributed by atoms with Crippen molar-refractivity contribution in [3.63, 3.8) is 0 Å². The van der Waals surface area contributed by atoms with E-state index in [1.54, 1.807) is 30.3 Å². The Balaban J connectivity index is 3.82. The van der Waals surface area contributed by atoms with Crippen LogP contribution in [0.3, 0.4) is 0 Å². The summed E-state index contributed by atoms with van der Waals surface area (Å²) in [4.78, 5) is 83.7. The van der Waals surface area contributed by atoms with Crippen molar-refractivity contribution in [1.82, 2.24) is 5.32 Å². The molecule has 0 radical (unpaired) electrons. The van der Waals surface area contributed by atoms with Gasteiger partial charge in [0.25, 0.3) is 0 Å². The lowest BCUT2D eigenvalue weighted by Crippen LogP contribution is -2.63. The van der Waals surface area contributed by atoms with Gasteiger partial charge in [-0.1, -0.05) is 30.3 Å². The molecule has 13 N–H and O–H groups in total. The third-order valence-corrected chi connectivity index (χ3v) is 5.19. The Labute approximate surface area is 248 Å². The molecule has 0 bridgehead atoms. The smallest absolute Gasteiger partial charge is 0.406 e. The van der Waals surface area contributed by atoms with Crippen LogP contribution in [0.4, 0.5) is 28.8 Å². The molecule has 21 nitrogen and oxygen atoms in total. The van der Waals surface area contributed by atoms with Gasteiger partial charge in [0.1, 0.15) is 12.6 Å². The van der Waals surface area contributed by atoms with Gasteiger partial charge in [-0.3, -0.25) is 10.1 Å². The fourth-order valence-corrected chi connectivity index (χ4v) is 3.71. The molecule has 0 saturated carbocycles. The normalized spacial score (nSPS) is 14.6. The Kier molecular flexibility index (Phi) is 14.8. The maximum Gasteiger partial charge on any atom is 0.406 e. The Morgan fingerprint density at radius 1 is 0.636 bits per heavy atom. The number of nitrogens with two attached hydrogens (primary N) is 6. The molecule has 44 heavy (non-hydrogen) atoms. The summed E-state index contributed by atoms with van der Waals surface area (Å²) in [6, 6.07) is 6.88. The Morgan fingerprint density at radius 2 is 1.14 bits per heavy atom. The van der Waals surface area contributed by atoms with Crippen molar-refractivity contribution >= 4 is 42.5 Å². The predicted octanol–water partition coefficient (Wildman–Crippen LogP) is -1.88. The monoisotopic (exact) mass is 631 g/mol. The van der Waals surface area contributed by atoms with Gasteiger partial charge in [0.15, 0.2) is 30.6 Å². The lowest BCUT2D eigenvalue weighted by atomic mass is 9.99. The van der Waals surface area contributed by atoms with Crippen molar-refractivity contribution < 1.29 is 66.7 Å². The SMILES string of the molecule is CCOC(=O)[C@H](Cc1ccccc1)NC(OC(N)=O)[C@@H](OC(N)=O)[C@@H](OC(N)=O)[C@H](OC(N)=O)[C@@H](COC(N)=O)OC(N)=O. The minimum Gasteiger partial charge on any atom is -0.465 e. The maximum atomic E-state index is 12.9. The molecular formula is C23H33N7O14. The summed E-state index contributed by atoms with van der Waals surface area (Å²) in [5.74, 6) is -0.908. The number of nitrogens with one attached hydrogen (secondary N) is 1. The fourth-order valence-electron chi connectivity index (χ4n) is 3.71. The van der Waals surface area contributed by atoms with E-state index in [0.717, 1.165) is 0 Å². The van der Waals surface area contributed by atoms with Crippen LogP contribution < -0.4 is 39.7 Å². The standard InChI is InChI=1S/C23H33N7O14/c1-2-38-17(31)11(8-10-6-4-3-5-7-10)30-16(44-23(29)37)15(43-22(28)36)14(42-21(27)35)13(41-20(26)34)12(40-19(25)33)9-39-18(24)32/h3-7,11-16,30H,2,8-9H2,1H3,(H2,24,32)(H2,25,33)(H2,26,34)(H2,27,35)(H2,28,36)(H2,29,37)/t11-,12+,13+,14-,15-,16?/m0/s1. The average Bonchev–Trinajstić information content (AvgIpc) is 2.90. The van der Waals surface area contributed by atoms with Gasteiger partial charge in [0.05, 0.1) is 6.61 Å². The number of hydrogen-bond acceptors (Lipinski definition) is 15. The van der Waals surface area contributed by atoms with Gasteiger partial charge < -0.3 is 67.6 Å². The van der Waals surface area contributed by atoms with Crippen LogP contribution >= 0.6 is 0 Å². The first-order chi connectivity index (χ1) is 20.6. The summed E-state index contributed by atoms with van der Waals surface area (Å²) in [5, 5.41) is 2.54. The molecule has 1 aromatic carbocycles. The number of primary amides is 6. The first-order valence-electron chi connectivity index (χ1n) is 12.3. The van der Waals surface area contributed by atoms with E-state index in [0.29, 0.717) is 5.56 Å². The van der Waals surface area contributed by atoms with Gasteiger partial charge in [0.2, 0.25) is 0 Å². The van der Waals surface area contributed by atoms with Gasteiger partial charge in [-0.05, 0) is 18.9 Å².